The number of benzene rings is 2. The first-order chi connectivity index (χ1) is 12.0. The van der Waals surface area contributed by atoms with Crippen LogP contribution in [0.15, 0.2) is 48.5 Å². The molecular weight excluding hydrogens is 320 g/mol. The van der Waals surface area contributed by atoms with Gasteiger partial charge in [0.15, 0.2) is 0 Å². The molecule has 0 radical (unpaired) electrons. The van der Waals surface area contributed by atoms with E-state index in [0.717, 1.165) is 37.6 Å². The van der Waals surface area contributed by atoms with E-state index in [1.807, 2.05) is 24.3 Å². The van der Waals surface area contributed by atoms with Gasteiger partial charge in [0.05, 0.1) is 49.5 Å². The Kier molecular flexibility index (Phi) is 4.95. The summed E-state index contributed by atoms with van der Waals surface area (Å²) < 4.78 is 0. The maximum absolute atomic E-state index is 12.5. The molecule has 7 heteroatoms. The number of amides is 1. The van der Waals surface area contributed by atoms with E-state index in [9.17, 15) is 14.9 Å². The highest BCUT2D eigenvalue weighted by molar-refractivity contribution is 6.06. The van der Waals surface area contributed by atoms with Crippen LogP contribution in [0.25, 0.3) is 0 Å². The van der Waals surface area contributed by atoms with Gasteiger partial charge in [0.2, 0.25) is 0 Å². The Morgan fingerprint density at radius 1 is 1.16 bits per heavy atom. The summed E-state index contributed by atoms with van der Waals surface area (Å²) in [6.45, 7) is 3.95. The van der Waals surface area contributed by atoms with Gasteiger partial charge < -0.3 is 15.1 Å². The second-order valence-corrected chi connectivity index (χ2v) is 6.22. The molecule has 1 fully saturated rings. The first-order valence-electron chi connectivity index (χ1n) is 8.25. The molecule has 1 aliphatic heterocycles. The summed E-state index contributed by atoms with van der Waals surface area (Å²) in [4.78, 5) is 26.7. The van der Waals surface area contributed by atoms with Gasteiger partial charge in [-0.2, -0.15) is 0 Å². The second-order valence-electron chi connectivity index (χ2n) is 6.22. The number of likely N-dealkylation sites (N-methyl/N-ethyl adjacent to an activating group) is 1. The Labute approximate surface area is 146 Å². The molecule has 0 bridgehead atoms. The lowest BCUT2D eigenvalue weighted by atomic mass is 10.1. The van der Waals surface area contributed by atoms with E-state index in [1.165, 1.54) is 23.1 Å². The van der Waals surface area contributed by atoms with Crippen LogP contribution in [-0.2, 0) is 0 Å². The van der Waals surface area contributed by atoms with Gasteiger partial charge in [0.25, 0.3) is 11.6 Å². The van der Waals surface area contributed by atoms with Crippen LogP contribution in [0.5, 0.6) is 0 Å². The number of para-hydroxylation sites is 2. The van der Waals surface area contributed by atoms with Crippen molar-refractivity contribution in [1.29, 1.82) is 0 Å². The lowest BCUT2D eigenvalue weighted by molar-refractivity contribution is -0.880. The van der Waals surface area contributed by atoms with E-state index in [1.54, 1.807) is 6.07 Å². The summed E-state index contributed by atoms with van der Waals surface area (Å²) in [5.41, 5.74) is 1.88. The summed E-state index contributed by atoms with van der Waals surface area (Å²) in [5.74, 6) is -0.351. The smallest absolute Gasteiger partial charge is 0.270 e. The molecule has 1 aliphatic rings. The zero-order valence-corrected chi connectivity index (χ0v) is 14.1. The Balaban J connectivity index is 1.80. The van der Waals surface area contributed by atoms with Crippen molar-refractivity contribution < 1.29 is 14.6 Å². The summed E-state index contributed by atoms with van der Waals surface area (Å²) in [7, 11) is 2.17. The minimum Gasteiger partial charge on any atom is -0.359 e. The van der Waals surface area contributed by atoms with Crippen molar-refractivity contribution in [3.8, 4) is 0 Å². The molecule has 0 aromatic heterocycles. The SMILES string of the molecule is C[NH+]1CCN(c2ccccc2NC(=O)c2cccc([N+](=O)[O-])c2)CC1. The molecule has 3 rings (SSSR count). The predicted octanol–water partition coefficient (Wildman–Crippen LogP) is 1.18. The number of nitro benzene ring substituents is 1. The number of rotatable bonds is 4. The summed E-state index contributed by atoms with van der Waals surface area (Å²) >= 11 is 0. The number of non-ortho nitro benzene ring substituents is 1. The Bertz CT molecular complexity index is 785. The minimum atomic E-state index is -0.503. The largest absolute Gasteiger partial charge is 0.359 e. The average Bonchev–Trinajstić information content (AvgIpc) is 2.63. The first-order valence-corrected chi connectivity index (χ1v) is 8.25. The van der Waals surface area contributed by atoms with Crippen LogP contribution in [-0.4, -0.2) is 44.1 Å². The van der Waals surface area contributed by atoms with Gasteiger partial charge >= 0.3 is 0 Å². The van der Waals surface area contributed by atoms with Crippen LogP contribution >= 0.6 is 0 Å². The van der Waals surface area contributed by atoms with Crippen molar-refractivity contribution in [1.82, 2.24) is 0 Å². The normalized spacial score (nSPS) is 15.0. The highest BCUT2D eigenvalue weighted by Gasteiger charge is 2.20. The number of piperazine rings is 1. The molecular formula is C18H21N4O3+. The zero-order valence-electron chi connectivity index (χ0n) is 14.1. The summed E-state index contributed by atoms with van der Waals surface area (Å²) in [6, 6.07) is 13.4. The van der Waals surface area contributed by atoms with Crippen LogP contribution in [0.1, 0.15) is 10.4 Å². The number of quaternary nitrogens is 1. The van der Waals surface area contributed by atoms with Crippen LogP contribution in [0.3, 0.4) is 0 Å². The molecule has 7 nitrogen and oxygen atoms in total. The Morgan fingerprint density at radius 2 is 1.88 bits per heavy atom. The fraction of sp³-hybridized carbons (Fsp3) is 0.278. The van der Waals surface area contributed by atoms with E-state index >= 15 is 0 Å². The molecule has 1 saturated heterocycles. The number of carbonyl (C=O) groups is 1. The van der Waals surface area contributed by atoms with Crippen LogP contribution in [0, 0.1) is 10.1 Å². The molecule has 0 atom stereocenters. The molecule has 0 aliphatic carbocycles. The third-order valence-electron chi connectivity index (χ3n) is 4.43. The first kappa shape index (κ1) is 16.9. The van der Waals surface area contributed by atoms with Crippen LogP contribution in [0.4, 0.5) is 17.1 Å². The number of hydrogen-bond acceptors (Lipinski definition) is 4. The van der Waals surface area contributed by atoms with Crippen molar-refractivity contribution in [2.45, 2.75) is 0 Å². The van der Waals surface area contributed by atoms with Gasteiger partial charge in [-0.1, -0.05) is 18.2 Å². The number of nitro groups is 1. The van der Waals surface area contributed by atoms with Crippen LogP contribution in [0.2, 0.25) is 0 Å². The average molecular weight is 341 g/mol. The quantitative estimate of drug-likeness (QED) is 0.646. The summed E-state index contributed by atoms with van der Waals surface area (Å²) in [5, 5.41) is 13.8. The van der Waals surface area contributed by atoms with Gasteiger partial charge in [-0.05, 0) is 18.2 Å². The molecule has 0 saturated carbocycles. The molecule has 2 N–H and O–H groups in total. The highest BCUT2D eigenvalue weighted by Crippen LogP contribution is 2.26. The van der Waals surface area contributed by atoms with E-state index in [-0.39, 0.29) is 17.2 Å². The molecule has 2 aromatic carbocycles. The fourth-order valence-electron chi connectivity index (χ4n) is 2.94. The maximum atomic E-state index is 12.5. The number of nitrogens with zero attached hydrogens (tertiary/aromatic N) is 2. The molecule has 2 aromatic rings. The fourth-order valence-corrected chi connectivity index (χ4v) is 2.94. The summed E-state index contributed by atoms with van der Waals surface area (Å²) in [6.07, 6.45) is 0. The zero-order chi connectivity index (χ0) is 17.8. The molecule has 1 amide bonds. The predicted molar refractivity (Wildman–Crippen MR) is 96.3 cm³/mol. The van der Waals surface area contributed by atoms with E-state index in [0.29, 0.717) is 0 Å². The number of nitrogens with one attached hydrogen (secondary N) is 2. The number of anilines is 2. The Morgan fingerprint density at radius 3 is 2.60 bits per heavy atom. The van der Waals surface area contributed by atoms with E-state index in [4.69, 9.17) is 0 Å². The van der Waals surface area contributed by atoms with E-state index in [2.05, 4.69) is 17.3 Å². The third kappa shape index (κ3) is 3.95. The van der Waals surface area contributed by atoms with Crippen molar-refractivity contribution >= 4 is 23.0 Å². The topological polar surface area (TPSA) is 79.9 Å². The van der Waals surface area contributed by atoms with Crippen molar-refractivity contribution in [2.24, 2.45) is 0 Å². The number of hydrogen-bond donors (Lipinski definition) is 2. The van der Waals surface area contributed by atoms with E-state index < -0.39 is 4.92 Å². The van der Waals surface area contributed by atoms with Gasteiger partial charge in [-0.25, -0.2) is 0 Å². The highest BCUT2D eigenvalue weighted by atomic mass is 16.6. The molecule has 130 valence electrons. The van der Waals surface area contributed by atoms with Crippen molar-refractivity contribution in [3.63, 3.8) is 0 Å². The maximum Gasteiger partial charge on any atom is 0.270 e. The number of carbonyl (C=O) groups excluding carboxylic acids is 1. The van der Waals surface area contributed by atoms with Gasteiger partial charge in [-0.3, -0.25) is 14.9 Å². The molecule has 0 spiro atoms. The molecule has 1 heterocycles. The van der Waals surface area contributed by atoms with Crippen molar-refractivity contribution in [3.05, 3.63) is 64.2 Å². The van der Waals surface area contributed by atoms with Crippen LogP contribution < -0.4 is 15.1 Å². The minimum absolute atomic E-state index is 0.0945. The van der Waals surface area contributed by atoms with Crippen molar-refractivity contribution in [2.75, 3.05) is 43.4 Å². The lowest BCUT2D eigenvalue weighted by Gasteiger charge is -2.33. The monoisotopic (exact) mass is 341 g/mol. The standard InChI is InChI=1S/C18H20N4O3/c1-20-9-11-21(12-10-20)17-8-3-2-7-16(17)19-18(23)14-5-4-6-15(13-14)22(24)25/h2-8,13H,9-12H2,1H3,(H,19,23)/p+1. The second kappa shape index (κ2) is 7.31. The third-order valence-corrected chi connectivity index (χ3v) is 4.43. The lowest BCUT2D eigenvalue weighted by Crippen LogP contribution is -3.12. The Hall–Kier alpha value is -2.93. The molecule has 25 heavy (non-hydrogen) atoms. The molecule has 0 unspecified atom stereocenters. The van der Waals surface area contributed by atoms with Gasteiger partial charge in [-0.15, -0.1) is 0 Å². The van der Waals surface area contributed by atoms with Gasteiger partial charge in [0, 0.05) is 17.7 Å². The van der Waals surface area contributed by atoms with Gasteiger partial charge in [0.1, 0.15) is 0 Å².